The Labute approximate surface area is 278 Å². The number of benzene rings is 4. The number of hydrogen-bond acceptors (Lipinski definition) is 7. The van der Waals surface area contributed by atoms with Crippen LogP contribution in [0.4, 0.5) is 0 Å². The van der Waals surface area contributed by atoms with Crippen LogP contribution in [0.25, 0.3) is 0 Å². The fraction of sp³-hybridized carbons (Fsp3) is 0.176. The molecule has 1 amide bonds. The first kappa shape index (κ1) is 35.0. The molecule has 0 heterocycles. The van der Waals surface area contributed by atoms with Gasteiger partial charge < -0.3 is 19.7 Å². The number of carbonyl (C=O) groups is 2. The van der Waals surface area contributed by atoms with Crippen molar-refractivity contribution in [1.29, 1.82) is 0 Å². The lowest BCUT2D eigenvalue weighted by Crippen LogP contribution is -2.43. The van der Waals surface area contributed by atoms with Crippen LogP contribution in [-0.4, -0.2) is 44.4 Å². The Morgan fingerprint density at radius 3 is 2.17 bits per heavy atom. The minimum absolute atomic E-state index is 0.00781. The molecule has 240 valence electrons. The second kappa shape index (κ2) is 14.7. The predicted octanol–water partition coefficient (Wildman–Crippen LogP) is 6.56. The number of allylic oxidation sites excluding steroid dienone is 1. The Kier molecular flexibility index (Phi) is 11.2. The molecule has 0 bridgehead atoms. The number of nitrogens with one attached hydrogen (secondary N) is 1. The van der Waals surface area contributed by atoms with Gasteiger partial charge in [0, 0.05) is 24.4 Å². The van der Waals surface area contributed by atoms with Crippen molar-refractivity contribution in [2.24, 2.45) is 0 Å². The van der Waals surface area contributed by atoms with Gasteiger partial charge in [-0.25, -0.2) is 13.2 Å². The maximum atomic E-state index is 13.6. The number of sulfone groups is 1. The molecule has 0 saturated carbocycles. The number of amides is 1. The average molecular weight is 701 g/mol. The second-order valence-corrected chi connectivity index (χ2v) is 16.7. The zero-order valence-corrected chi connectivity index (χ0v) is 28.3. The number of halogens is 2. The summed E-state index contributed by atoms with van der Waals surface area (Å²) in [5, 5.41) is 13.3. The Hall–Kier alpha value is -3.88. The third kappa shape index (κ3) is 8.89. The quantitative estimate of drug-likeness (QED) is 0.127. The molecule has 4 aromatic rings. The summed E-state index contributed by atoms with van der Waals surface area (Å²) in [6.07, 6.45) is 1.14. The molecule has 0 aliphatic rings. The van der Waals surface area contributed by atoms with E-state index >= 15 is 0 Å². The molecule has 46 heavy (non-hydrogen) atoms. The lowest BCUT2D eigenvalue weighted by molar-refractivity contribution is -0.147. The number of phenolic OH excluding ortho intramolecular Hbond substituents is 1. The molecule has 12 heteroatoms. The Morgan fingerprint density at radius 2 is 1.54 bits per heavy atom. The molecular formula is C34H32Cl2NO7PS. The molecule has 4 aromatic carbocycles. The summed E-state index contributed by atoms with van der Waals surface area (Å²) < 4.78 is 43.3. The Morgan fingerprint density at radius 1 is 0.913 bits per heavy atom. The number of esters is 1. The number of phenols is 1. The van der Waals surface area contributed by atoms with E-state index in [2.05, 4.69) is 11.9 Å². The first-order valence-electron chi connectivity index (χ1n) is 14.0. The highest BCUT2D eigenvalue weighted by atomic mass is 35.5. The van der Waals surface area contributed by atoms with Gasteiger partial charge in [0.05, 0.1) is 20.5 Å². The van der Waals surface area contributed by atoms with E-state index in [1.54, 1.807) is 55.2 Å². The molecular weight excluding hydrogens is 668 g/mol. The van der Waals surface area contributed by atoms with Crippen LogP contribution in [0.2, 0.25) is 10.0 Å². The van der Waals surface area contributed by atoms with Crippen LogP contribution in [0.15, 0.2) is 108 Å². The number of hydrogen-bond donors (Lipinski definition) is 2. The second-order valence-electron chi connectivity index (χ2n) is 10.9. The van der Waals surface area contributed by atoms with Crippen molar-refractivity contribution in [1.82, 2.24) is 5.32 Å². The minimum atomic E-state index is -3.52. The summed E-state index contributed by atoms with van der Waals surface area (Å²) in [6.45, 7) is 5.52. The summed E-state index contributed by atoms with van der Waals surface area (Å²) >= 11 is 13.1. The molecule has 0 saturated heterocycles. The van der Waals surface area contributed by atoms with E-state index in [1.165, 1.54) is 36.4 Å². The van der Waals surface area contributed by atoms with E-state index < -0.39 is 34.9 Å². The van der Waals surface area contributed by atoms with E-state index in [0.29, 0.717) is 21.7 Å². The summed E-state index contributed by atoms with van der Waals surface area (Å²) in [4.78, 5) is 26.9. The Bertz CT molecular complexity index is 1930. The third-order valence-electron chi connectivity index (χ3n) is 7.24. The van der Waals surface area contributed by atoms with Crippen LogP contribution in [0.3, 0.4) is 0 Å². The van der Waals surface area contributed by atoms with Crippen LogP contribution < -0.4 is 10.6 Å². The normalized spacial score (nSPS) is 13.3. The van der Waals surface area contributed by atoms with Gasteiger partial charge in [-0.2, -0.15) is 0 Å². The highest BCUT2D eigenvalue weighted by Crippen LogP contribution is 2.50. The minimum Gasteiger partial charge on any atom is -0.508 e. The largest absolute Gasteiger partial charge is 0.508 e. The standard InChI is InChI=1S/C34H32Cl2NO7PS/c1-22(45(2,41)27-13-8-12-26(38)20-27)15-25-17-29(35)32(30(36)18-25)33(39)37-31(34(40)44-21-23-9-5-4-6-10-23)19-24-11-7-14-28(16-24)46(3,42)43/h4-14,16-18,20,31,38H,1,15,19,21H2,2-3H3,(H,37,39)/t31-,45?/m0/s1. The van der Waals surface area contributed by atoms with Gasteiger partial charge in [-0.05, 0) is 65.1 Å². The molecule has 0 aliphatic heterocycles. The predicted molar refractivity (Wildman–Crippen MR) is 181 cm³/mol. The van der Waals surface area contributed by atoms with E-state index in [4.69, 9.17) is 27.9 Å². The van der Waals surface area contributed by atoms with Crippen LogP contribution >= 0.6 is 30.3 Å². The van der Waals surface area contributed by atoms with Gasteiger partial charge in [-0.15, -0.1) is 0 Å². The van der Waals surface area contributed by atoms with Gasteiger partial charge in [0.15, 0.2) is 9.84 Å². The first-order valence-corrected chi connectivity index (χ1v) is 18.8. The summed E-state index contributed by atoms with van der Waals surface area (Å²) in [6, 6.07) is 23.0. The number of carbonyl (C=O) groups excluding carboxylic acids is 2. The van der Waals surface area contributed by atoms with Gasteiger partial charge >= 0.3 is 5.97 Å². The lowest BCUT2D eigenvalue weighted by atomic mass is 10.0. The maximum absolute atomic E-state index is 13.6. The molecule has 0 fully saturated rings. The molecule has 0 radical (unpaired) electrons. The molecule has 0 spiro atoms. The smallest absolute Gasteiger partial charge is 0.329 e. The molecule has 0 aromatic heterocycles. The highest BCUT2D eigenvalue weighted by molar-refractivity contribution is 7.90. The summed E-state index contributed by atoms with van der Waals surface area (Å²) in [5.41, 5.74) is 1.68. The van der Waals surface area contributed by atoms with Gasteiger partial charge in [0.2, 0.25) is 0 Å². The van der Waals surface area contributed by atoms with Crippen LogP contribution in [0, 0.1) is 0 Å². The fourth-order valence-electron chi connectivity index (χ4n) is 4.66. The SMILES string of the molecule is C=C(Cc1cc(Cl)c(C(=O)N[C@@H](Cc2cccc(S(C)(=O)=O)c2)C(=O)OCc2ccccc2)c(Cl)c1)P(C)(=O)c1cccc(O)c1. The number of ether oxygens (including phenoxy) is 1. The van der Waals surface area contributed by atoms with E-state index in [0.717, 1.165) is 11.8 Å². The van der Waals surface area contributed by atoms with E-state index in [-0.39, 0.29) is 45.7 Å². The van der Waals surface area contributed by atoms with E-state index in [1.807, 2.05) is 6.07 Å². The van der Waals surface area contributed by atoms with Crippen LogP contribution in [0.1, 0.15) is 27.0 Å². The molecule has 2 N–H and O–H groups in total. The summed E-state index contributed by atoms with van der Waals surface area (Å²) in [7, 11) is -6.62. The monoisotopic (exact) mass is 699 g/mol. The molecule has 4 rings (SSSR count). The van der Waals surface area contributed by atoms with Crippen molar-refractivity contribution in [3.8, 4) is 5.75 Å². The molecule has 2 atom stereocenters. The van der Waals surface area contributed by atoms with Gasteiger partial charge in [0.25, 0.3) is 5.91 Å². The molecule has 1 unspecified atom stereocenters. The molecule has 8 nitrogen and oxygen atoms in total. The van der Waals surface area contributed by atoms with Crippen LogP contribution in [0.5, 0.6) is 5.75 Å². The zero-order valence-electron chi connectivity index (χ0n) is 25.1. The van der Waals surface area contributed by atoms with E-state index in [9.17, 15) is 27.7 Å². The first-order chi connectivity index (χ1) is 21.6. The van der Waals surface area contributed by atoms with Gasteiger partial charge in [-0.1, -0.05) is 84.4 Å². The zero-order chi connectivity index (χ0) is 33.6. The van der Waals surface area contributed by atoms with Crippen molar-refractivity contribution < 1.29 is 32.4 Å². The van der Waals surface area contributed by atoms with Crippen molar-refractivity contribution in [3.63, 3.8) is 0 Å². The topological polar surface area (TPSA) is 127 Å². The van der Waals surface area contributed by atoms with Gasteiger partial charge in [0.1, 0.15) is 25.5 Å². The van der Waals surface area contributed by atoms with Crippen LogP contribution in [-0.2, 0) is 43.4 Å². The molecule has 0 aliphatic carbocycles. The fourth-order valence-corrected chi connectivity index (χ4v) is 7.66. The number of aromatic hydroxyl groups is 1. The highest BCUT2D eigenvalue weighted by Gasteiger charge is 2.28. The van der Waals surface area contributed by atoms with Crippen molar-refractivity contribution in [3.05, 3.63) is 135 Å². The Balaban J connectivity index is 1.56. The third-order valence-corrected chi connectivity index (χ3v) is 11.6. The number of rotatable bonds is 12. The maximum Gasteiger partial charge on any atom is 0.329 e. The van der Waals surface area contributed by atoms with Crippen molar-refractivity contribution in [2.45, 2.75) is 30.4 Å². The lowest BCUT2D eigenvalue weighted by Gasteiger charge is -2.20. The van der Waals surface area contributed by atoms with Crippen molar-refractivity contribution >= 4 is 57.4 Å². The average Bonchev–Trinajstić information content (AvgIpc) is 2.99. The van der Waals surface area contributed by atoms with Crippen molar-refractivity contribution in [2.75, 3.05) is 12.9 Å². The van der Waals surface area contributed by atoms with Gasteiger partial charge in [-0.3, -0.25) is 4.79 Å². The summed E-state index contributed by atoms with van der Waals surface area (Å²) in [5.74, 6) is -1.51.